The molecule has 0 spiro atoms. The van der Waals surface area contributed by atoms with E-state index < -0.39 is 0 Å². The van der Waals surface area contributed by atoms with Crippen LogP contribution in [-0.2, 0) is 11.2 Å². The first-order valence-electron chi connectivity index (χ1n) is 8.29. The van der Waals surface area contributed by atoms with Crippen LogP contribution in [0.25, 0.3) is 0 Å². The number of ether oxygens (including phenoxy) is 3. The topological polar surface area (TPSA) is 48.0 Å². The molecule has 0 N–H and O–H groups in total. The molecule has 1 amide bonds. The van der Waals surface area contributed by atoms with Crippen LogP contribution in [0.5, 0.6) is 17.2 Å². The molecule has 1 saturated heterocycles. The predicted molar refractivity (Wildman–Crippen MR) is 97.8 cm³/mol. The van der Waals surface area contributed by atoms with Crippen molar-refractivity contribution in [1.82, 2.24) is 4.90 Å². The third kappa shape index (κ3) is 3.58. The Morgan fingerprint density at radius 3 is 2.48 bits per heavy atom. The van der Waals surface area contributed by atoms with Gasteiger partial charge in [-0.1, -0.05) is 6.07 Å². The Kier molecular flexibility index (Phi) is 5.48. The second-order valence-electron chi connectivity index (χ2n) is 5.97. The second-order valence-corrected chi connectivity index (χ2v) is 6.95. The first-order valence-corrected chi connectivity index (χ1v) is 9.17. The Morgan fingerprint density at radius 1 is 1.20 bits per heavy atom. The summed E-state index contributed by atoms with van der Waals surface area (Å²) >= 11 is 1.71. The number of carbonyl (C=O) groups excluding carboxylic acids is 1. The van der Waals surface area contributed by atoms with Crippen molar-refractivity contribution in [2.45, 2.75) is 25.3 Å². The van der Waals surface area contributed by atoms with Gasteiger partial charge in [0.2, 0.25) is 11.7 Å². The van der Waals surface area contributed by atoms with Crippen LogP contribution in [0.15, 0.2) is 29.6 Å². The summed E-state index contributed by atoms with van der Waals surface area (Å²) < 4.78 is 16.1. The molecule has 1 aliphatic heterocycles. The monoisotopic (exact) mass is 361 g/mol. The molecule has 0 radical (unpaired) electrons. The fourth-order valence-corrected chi connectivity index (χ4v) is 4.23. The molecule has 134 valence electrons. The van der Waals surface area contributed by atoms with E-state index in [-0.39, 0.29) is 11.9 Å². The Morgan fingerprint density at radius 2 is 1.92 bits per heavy atom. The molecule has 0 aliphatic carbocycles. The standard InChI is InChI=1S/C19H23NO4S/c1-22-15-10-13(11-16(23-2)19(15)24-3)12-18(21)20-8-4-6-14(20)17-7-5-9-25-17/h5,7,9-11,14H,4,6,8,12H2,1-3H3/t14-/m0/s1. The van der Waals surface area contributed by atoms with E-state index in [1.165, 1.54) is 4.88 Å². The highest BCUT2D eigenvalue weighted by Gasteiger charge is 2.30. The molecule has 5 nitrogen and oxygen atoms in total. The van der Waals surface area contributed by atoms with E-state index in [2.05, 4.69) is 11.4 Å². The van der Waals surface area contributed by atoms with Crippen molar-refractivity contribution in [3.8, 4) is 17.2 Å². The van der Waals surface area contributed by atoms with Gasteiger partial charge in [0.15, 0.2) is 11.5 Å². The van der Waals surface area contributed by atoms with Gasteiger partial charge in [0, 0.05) is 11.4 Å². The fraction of sp³-hybridized carbons (Fsp3) is 0.421. The summed E-state index contributed by atoms with van der Waals surface area (Å²) in [7, 11) is 4.73. The van der Waals surface area contributed by atoms with Crippen molar-refractivity contribution in [2.24, 2.45) is 0 Å². The number of methoxy groups -OCH3 is 3. The summed E-state index contributed by atoms with van der Waals surface area (Å²) in [6.07, 6.45) is 2.39. The van der Waals surface area contributed by atoms with Crippen LogP contribution in [0.3, 0.4) is 0 Å². The molecule has 0 unspecified atom stereocenters. The number of amides is 1. The molecule has 1 aromatic heterocycles. The van der Waals surface area contributed by atoms with Gasteiger partial charge in [-0.25, -0.2) is 0 Å². The minimum Gasteiger partial charge on any atom is -0.493 e. The lowest BCUT2D eigenvalue weighted by Crippen LogP contribution is -2.31. The molecule has 2 heterocycles. The SMILES string of the molecule is COc1cc(CC(=O)N2CCC[C@H]2c2cccs2)cc(OC)c1OC. The molecular weight excluding hydrogens is 338 g/mol. The van der Waals surface area contributed by atoms with Crippen LogP contribution < -0.4 is 14.2 Å². The number of benzene rings is 1. The van der Waals surface area contributed by atoms with Crippen molar-refractivity contribution in [3.05, 3.63) is 40.1 Å². The van der Waals surface area contributed by atoms with Gasteiger partial charge in [-0.05, 0) is 42.0 Å². The number of hydrogen-bond donors (Lipinski definition) is 0. The van der Waals surface area contributed by atoms with E-state index >= 15 is 0 Å². The molecule has 1 fully saturated rings. The third-order valence-electron chi connectivity index (χ3n) is 4.52. The molecule has 2 aromatic rings. The minimum atomic E-state index is 0.130. The molecule has 0 bridgehead atoms. The zero-order valence-electron chi connectivity index (χ0n) is 14.8. The van der Waals surface area contributed by atoms with Crippen LogP contribution in [0.1, 0.15) is 29.3 Å². The highest BCUT2D eigenvalue weighted by atomic mass is 32.1. The number of hydrogen-bond acceptors (Lipinski definition) is 5. The number of nitrogens with zero attached hydrogens (tertiary/aromatic N) is 1. The van der Waals surface area contributed by atoms with E-state index in [0.29, 0.717) is 23.7 Å². The number of carbonyl (C=O) groups is 1. The molecule has 1 aromatic carbocycles. The van der Waals surface area contributed by atoms with Crippen LogP contribution >= 0.6 is 11.3 Å². The molecule has 6 heteroatoms. The largest absolute Gasteiger partial charge is 0.493 e. The van der Waals surface area contributed by atoms with E-state index in [9.17, 15) is 4.79 Å². The van der Waals surface area contributed by atoms with Gasteiger partial charge in [-0.2, -0.15) is 0 Å². The Labute approximate surface area is 152 Å². The van der Waals surface area contributed by atoms with Crippen molar-refractivity contribution < 1.29 is 19.0 Å². The van der Waals surface area contributed by atoms with Gasteiger partial charge in [-0.15, -0.1) is 11.3 Å². The molecular formula is C19H23NO4S. The zero-order valence-corrected chi connectivity index (χ0v) is 15.6. The number of rotatable bonds is 6. The summed E-state index contributed by atoms with van der Waals surface area (Å²) in [4.78, 5) is 16.1. The maximum atomic E-state index is 12.9. The van der Waals surface area contributed by atoms with Crippen LogP contribution in [0.4, 0.5) is 0 Å². The second kappa shape index (κ2) is 7.78. The van der Waals surface area contributed by atoms with E-state index in [4.69, 9.17) is 14.2 Å². The maximum absolute atomic E-state index is 12.9. The quantitative estimate of drug-likeness (QED) is 0.787. The Hall–Kier alpha value is -2.21. The summed E-state index contributed by atoms with van der Waals surface area (Å²) in [6.45, 7) is 0.811. The maximum Gasteiger partial charge on any atom is 0.227 e. The van der Waals surface area contributed by atoms with Crippen molar-refractivity contribution in [2.75, 3.05) is 27.9 Å². The number of thiophene rings is 1. The first kappa shape index (κ1) is 17.6. The molecule has 25 heavy (non-hydrogen) atoms. The smallest absolute Gasteiger partial charge is 0.227 e. The molecule has 3 rings (SSSR count). The van der Waals surface area contributed by atoms with Gasteiger partial charge in [0.05, 0.1) is 33.8 Å². The normalized spacial score (nSPS) is 16.8. The van der Waals surface area contributed by atoms with E-state index in [1.54, 1.807) is 32.7 Å². The van der Waals surface area contributed by atoms with Crippen molar-refractivity contribution in [1.29, 1.82) is 0 Å². The van der Waals surface area contributed by atoms with Gasteiger partial charge in [0.25, 0.3) is 0 Å². The highest BCUT2D eigenvalue weighted by molar-refractivity contribution is 7.10. The van der Waals surface area contributed by atoms with Gasteiger partial charge < -0.3 is 19.1 Å². The zero-order chi connectivity index (χ0) is 17.8. The fourth-order valence-electron chi connectivity index (χ4n) is 3.36. The highest BCUT2D eigenvalue weighted by Crippen LogP contribution is 2.39. The number of likely N-dealkylation sites (tertiary alicyclic amines) is 1. The summed E-state index contributed by atoms with van der Waals surface area (Å²) in [5.74, 6) is 1.81. The summed E-state index contributed by atoms with van der Waals surface area (Å²) in [5, 5.41) is 2.06. The Balaban J connectivity index is 1.81. The third-order valence-corrected chi connectivity index (χ3v) is 5.50. The summed E-state index contributed by atoms with van der Waals surface area (Å²) in [6, 6.07) is 8.04. The summed E-state index contributed by atoms with van der Waals surface area (Å²) in [5.41, 5.74) is 0.858. The average Bonchev–Trinajstić information content (AvgIpc) is 3.31. The van der Waals surface area contributed by atoms with Crippen LogP contribution in [-0.4, -0.2) is 38.7 Å². The van der Waals surface area contributed by atoms with E-state index in [1.807, 2.05) is 23.1 Å². The lowest BCUT2D eigenvalue weighted by molar-refractivity contribution is -0.131. The average molecular weight is 361 g/mol. The van der Waals surface area contributed by atoms with Crippen LogP contribution in [0.2, 0.25) is 0 Å². The van der Waals surface area contributed by atoms with Crippen molar-refractivity contribution >= 4 is 17.2 Å². The predicted octanol–water partition coefficient (Wildman–Crippen LogP) is 3.68. The molecule has 0 saturated carbocycles. The first-order chi connectivity index (χ1) is 12.2. The minimum absolute atomic E-state index is 0.130. The molecule has 1 aliphatic rings. The van der Waals surface area contributed by atoms with Crippen molar-refractivity contribution in [3.63, 3.8) is 0 Å². The van der Waals surface area contributed by atoms with Crippen LogP contribution in [0, 0.1) is 0 Å². The van der Waals surface area contributed by atoms with Gasteiger partial charge in [0.1, 0.15) is 0 Å². The van der Waals surface area contributed by atoms with E-state index in [0.717, 1.165) is 24.9 Å². The van der Waals surface area contributed by atoms with Gasteiger partial charge in [-0.3, -0.25) is 4.79 Å². The lowest BCUT2D eigenvalue weighted by atomic mass is 10.1. The van der Waals surface area contributed by atoms with Gasteiger partial charge >= 0.3 is 0 Å². The molecule has 1 atom stereocenters. The lowest BCUT2D eigenvalue weighted by Gasteiger charge is -2.24. The Bertz CT molecular complexity index is 704.